The first-order valence-electron chi connectivity index (χ1n) is 9.20. The molecule has 0 aliphatic heterocycles. The molecule has 3 rings (SSSR count). The number of halogens is 1. The van der Waals surface area contributed by atoms with E-state index in [4.69, 9.17) is 31.0 Å². The van der Waals surface area contributed by atoms with Crippen LogP contribution in [0.15, 0.2) is 65.9 Å². The number of rotatable bonds is 8. The van der Waals surface area contributed by atoms with E-state index in [0.29, 0.717) is 23.2 Å². The van der Waals surface area contributed by atoms with Crippen LogP contribution in [0, 0.1) is 5.92 Å². The Morgan fingerprint density at radius 1 is 1.17 bits per heavy atom. The van der Waals surface area contributed by atoms with Gasteiger partial charge in [0.1, 0.15) is 5.60 Å². The Labute approximate surface area is 180 Å². The molecule has 0 amide bonds. The van der Waals surface area contributed by atoms with E-state index < -0.39 is 5.60 Å². The maximum absolute atomic E-state index is 9.17. The number of hydrogen-bond donors (Lipinski definition) is 1. The fourth-order valence-electron chi connectivity index (χ4n) is 3.07. The fraction of sp³-hybridized carbons (Fsp3) is 0.227. The van der Waals surface area contributed by atoms with Crippen molar-refractivity contribution >= 4 is 23.9 Å². The Morgan fingerprint density at radius 3 is 2.60 bits per heavy atom. The minimum absolute atomic E-state index is 0.0821. The van der Waals surface area contributed by atoms with Crippen molar-refractivity contribution in [2.24, 2.45) is 11.1 Å². The summed E-state index contributed by atoms with van der Waals surface area (Å²) in [5.74, 6) is 0.255. The number of hydrogen-bond acceptors (Lipinski definition) is 7. The van der Waals surface area contributed by atoms with Gasteiger partial charge in [-0.05, 0) is 23.8 Å². The standard InChI is InChI=1S/C22H22ClN3O4/c1-28-19-14-20(29-2)26-21(25-19)30-22(11-4-3-9-17(22)15-24-27)12-6-8-16-7-5-10-18(23)13-16/h3-11,13-15,17,27H,12H2,1-2H3. The largest absolute Gasteiger partial charge is 0.481 e. The molecule has 1 heterocycles. The van der Waals surface area contributed by atoms with Gasteiger partial charge in [0.2, 0.25) is 11.8 Å². The summed E-state index contributed by atoms with van der Waals surface area (Å²) in [6.45, 7) is 0. The first-order valence-corrected chi connectivity index (χ1v) is 9.58. The summed E-state index contributed by atoms with van der Waals surface area (Å²) in [7, 11) is 3.00. The van der Waals surface area contributed by atoms with Gasteiger partial charge >= 0.3 is 6.01 Å². The molecular formula is C22H22ClN3O4. The second-order valence-corrected chi connectivity index (χ2v) is 6.92. The summed E-state index contributed by atoms with van der Waals surface area (Å²) >= 11 is 6.06. The molecule has 8 heteroatoms. The monoisotopic (exact) mass is 427 g/mol. The van der Waals surface area contributed by atoms with E-state index in [2.05, 4.69) is 15.1 Å². The minimum Gasteiger partial charge on any atom is -0.481 e. The lowest BCUT2D eigenvalue weighted by Gasteiger charge is -2.35. The lowest BCUT2D eigenvalue weighted by Crippen LogP contribution is -2.43. The smallest absolute Gasteiger partial charge is 0.324 e. The van der Waals surface area contributed by atoms with Crippen molar-refractivity contribution in [2.45, 2.75) is 12.0 Å². The number of benzene rings is 1. The number of aromatic nitrogens is 2. The van der Waals surface area contributed by atoms with Crippen LogP contribution in [-0.2, 0) is 0 Å². The molecule has 0 fully saturated rings. The second-order valence-electron chi connectivity index (χ2n) is 6.49. The molecule has 2 aromatic rings. The number of allylic oxidation sites excluding steroid dienone is 2. The molecule has 1 aromatic heterocycles. The highest BCUT2D eigenvalue weighted by Gasteiger charge is 2.38. The van der Waals surface area contributed by atoms with Crippen molar-refractivity contribution in [1.29, 1.82) is 0 Å². The van der Waals surface area contributed by atoms with E-state index in [1.807, 2.05) is 60.7 Å². The number of ether oxygens (including phenoxy) is 3. The summed E-state index contributed by atoms with van der Waals surface area (Å²) in [6.07, 6.45) is 13.3. The fourth-order valence-corrected chi connectivity index (χ4v) is 3.27. The predicted octanol–water partition coefficient (Wildman–Crippen LogP) is 4.57. The zero-order valence-electron chi connectivity index (χ0n) is 16.6. The van der Waals surface area contributed by atoms with Gasteiger partial charge < -0.3 is 19.4 Å². The number of nitrogens with zero attached hydrogens (tertiary/aromatic N) is 3. The van der Waals surface area contributed by atoms with Crippen molar-refractivity contribution in [2.75, 3.05) is 14.2 Å². The Hall–Kier alpha value is -3.32. The molecule has 1 N–H and O–H groups in total. The summed E-state index contributed by atoms with van der Waals surface area (Å²) < 4.78 is 16.7. The van der Waals surface area contributed by atoms with Crippen LogP contribution in [0.1, 0.15) is 12.0 Å². The summed E-state index contributed by atoms with van der Waals surface area (Å²) in [4.78, 5) is 8.54. The van der Waals surface area contributed by atoms with Crippen LogP contribution in [0.5, 0.6) is 17.8 Å². The van der Waals surface area contributed by atoms with Crippen LogP contribution in [0.25, 0.3) is 6.08 Å². The van der Waals surface area contributed by atoms with Crippen molar-refractivity contribution in [1.82, 2.24) is 9.97 Å². The first kappa shape index (κ1) is 21.4. The highest BCUT2D eigenvalue weighted by atomic mass is 35.5. The zero-order chi connectivity index (χ0) is 21.4. The molecule has 1 aliphatic carbocycles. The van der Waals surface area contributed by atoms with Gasteiger partial charge in [0.25, 0.3) is 0 Å². The van der Waals surface area contributed by atoms with E-state index in [1.165, 1.54) is 20.4 Å². The van der Waals surface area contributed by atoms with Gasteiger partial charge in [-0.2, -0.15) is 9.97 Å². The maximum Gasteiger partial charge on any atom is 0.324 e. The van der Waals surface area contributed by atoms with E-state index in [9.17, 15) is 0 Å². The van der Waals surface area contributed by atoms with Crippen molar-refractivity contribution in [3.8, 4) is 17.8 Å². The Bertz CT molecular complexity index is 968. The van der Waals surface area contributed by atoms with Gasteiger partial charge in [0, 0.05) is 11.4 Å². The molecule has 156 valence electrons. The molecule has 7 nitrogen and oxygen atoms in total. The minimum atomic E-state index is -0.923. The summed E-state index contributed by atoms with van der Waals surface area (Å²) in [5.41, 5.74) is 0.0348. The molecule has 30 heavy (non-hydrogen) atoms. The van der Waals surface area contributed by atoms with Gasteiger partial charge in [0.15, 0.2) is 0 Å². The Kier molecular flexibility index (Phi) is 7.08. The summed E-state index contributed by atoms with van der Waals surface area (Å²) in [5, 5.41) is 13.0. The first-order chi connectivity index (χ1) is 14.6. The molecule has 0 bridgehead atoms. The van der Waals surface area contributed by atoms with Crippen LogP contribution in [-0.4, -0.2) is 41.2 Å². The molecule has 0 spiro atoms. The lowest BCUT2D eigenvalue weighted by atomic mass is 9.81. The van der Waals surface area contributed by atoms with Gasteiger partial charge in [-0.25, -0.2) is 0 Å². The number of methoxy groups -OCH3 is 2. The molecule has 0 saturated carbocycles. The zero-order valence-corrected chi connectivity index (χ0v) is 17.4. The maximum atomic E-state index is 9.17. The second kappa shape index (κ2) is 9.93. The average molecular weight is 428 g/mol. The Morgan fingerprint density at radius 2 is 1.93 bits per heavy atom. The van der Waals surface area contributed by atoms with Crippen LogP contribution in [0.2, 0.25) is 5.02 Å². The highest BCUT2D eigenvalue weighted by Crippen LogP contribution is 2.34. The molecule has 2 atom stereocenters. The summed E-state index contributed by atoms with van der Waals surface area (Å²) in [6, 6.07) is 9.16. The third kappa shape index (κ3) is 5.18. The Balaban J connectivity index is 1.94. The van der Waals surface area contributed by atoms with Crippen LogP contribution in [0.4, 0.5) is 0 Å². The van der Waals surface area contributed by atoms with Crippen LogP contribution in [0.3, 0.4) is 0 Å². The SMILES string of the molecule is COc1cc(OC)nc(OC2(CC=Cc3cccc(Cl)c3)C=CC=CC2C=NO)n1. The van der Waals surface area contributed by atoms with Gasteiger partial charge in [0.05, 0.1) is 32.4 Å². The van der Waals surface area contributed by atoms with Gasteiger partial charge in [-0.1, -0.05) is 54.1 Å². The molecule has 0 radical (unpaired) electrons. The normalized spacial score (nSPS) is 20.7. The van der Waals surface area contributed by atoms with E-state index >= 15 is 0 Å². The average Bonchev–Trinajstić information content (AvgIpc) is 2.75. The van der Waals surface area contributed by atoms with Crippen LogP contribution >= 0.6 is 11.6 Å². The molecule has 0 saturated heterocycles. The topological polar surface area (TPSA) is 86.1 Å². The van der Waals surface area contributed by atoms with Crippen molar-refractivity contribution < 1.29 is 19.4 Å². The third-order valence-corrected chi connectivity index (χ3v) is 4.79. The van der Waals surface area contributed by atoms with Crippen molar-refractivity contribution in [3.05, 3.63) is 71.3 Å². The van der Waals surface area contributed by atoms with Crippen LogP contribution < -0.4 is 14.2 Å². The van der Waals surface area contributed by atoms with Gasteiger partial charge in [-0.3, -0.25) is 0 Å². The van der Waals surface area contributed by atoms with E-state index in [-0.39, 0.29) is 11.9 Å². The molecule has 1 aromatic carbocycles. The van der Waals surface area contributed by atoms with E-state index in [0.717, 1.165) is 5.56 Å². The van der Waals surface area contributed by atoms with Crippen molar-refractivity contribution in [3.63, 3.8) is 0 Å². The highest BCUT2D eigenvalue weighted by molar-refractivity contribution is 6.30. The third-order valence-electron chi connectivity index (χ3n) is 4.55. The molecule has 1 aliphatic rings. The molecular weight excluding hydrogens is 406 g/mol. The van der Waals surface area contributed by atoms with E-state index in [1.54, 1.807) is 6.07 Å². The van der Waals surface area contributed by atoms with Gasteiger partial charge in [-0.15, -0.1) is 5.16 Å². The number of oxime groups is 1. The lowest BCUT2D eigenvalue weighted by molar-refractivity contribution is 0.0879. The quantitative estimate of drug-likeness (QED) is 0.377. The molecule has 2 unspecified atom stereocenters. The predicted molar refractivity (Wildman–Crippen MR) is 116 cm³/mol.